The van der Waals surface area contributed by atoms with Gasteiger partial charge in [0.05, 0.1) is 12.2 Å². The maximum Gasteiger partial charge on any atom is 0.421 e. The Balaban J connectivity index is 2.18. The van der Waals surface area contributed by atoms with Gasteiger partial charge in [-0.25, -0.2) is 9.37 Å². The quantitative estimate of drug-likeness (QED) is 0.599. The van der Waals surface area contributed by atoms with Crippen molar-refractivity contribution in [2.24, 2.45) is 4.99 Å². The third kappa shape index (κ3) is 2.40. The van der Waals surface area contributed by atoms with Crippen LogP contribution in [0.2, 0.25) is 0 Å². The molecule has 3 rings (SSSR count). The van der Waals surface area contributed by atoms with E-state index in [-0.39, 0.29) is 12.5 Å². The number of fused-ring (bicyclic) bond motifs is 1. The molecule has 2 aliphatic heterocycles. The summed E-state index contributed by atoms with van der Waals surface area (Å²) in [6.45, 7) is 13.9. The van der Waals surface area contributed by atoms with E-state index in [2.05, 4.69) is 23.2 Å². The molecule has 136 valence electrons. The lowest BCUT2D eigenvalue weighted by molar-refractivity contribution is -0.527. The van der Waals surface area contributed by atoms with Gasteiger partial charge in [-0.3, -0.25) is 14.6 Å². The average Bonchev–Trinajstić information content (AvgIpc) is 3.10. The zero-order valence-electron chi connectivity index (χ0n) is 15.6. The van der Waals surface area contributed by atoms with Crippen LogP contribution in [-0.4, -0.2) is 74.1 Å². The second kappa shape index (κ2) is 6.36. The molecule has 1 aromatic heterocycles. The molecule has 0 N–H and O–H groups in total. The molecule has 2 aliphatic rings. The summed E-state index contributed by atoms with van der Waals surface area (Å²) >= 11 is 0. The van der Waals surface area contributed by atoms with Crippen molar-refractivity contribution in [1.29, 1.82) is 0 Å². The first kappa shape index (κ1) is 17.8. The van der Waals surface area contributed by atoms with E-state index in [0.29, 0.717) is 18.3 Å². The molecule has 8 heteroatoms. The summed E-state index contributed by atoms with van der Waals surface area (Å²) in [7, 11) is 1.62. The third-order valence-electron chi connectivity index (χ3n) is 4.87. The van der Waals surface area contributed by atoms with Crippen molar-refractivity contribution in [2.75, 3.05) is 20.1 Å². The number of hydrogen-bond acceptors (Lipinski definition) is 4. The SMILES string of the molecule is C=CCN1C(=O)C2C(=NC(n3nc(C)c(C)c3C)=[N+]2CC=C)N(C)C1=O. The van der Waals surface area contributed by atoms with Gasteiger partial charge < -0.3 is 0 Å². The monoisotopic (exact) mass is 355 g/mol. The normalized spacial score (nSPS) is 19.8. The molecular weight excluding hydrogens is 332 g/mol. The number of urea groups is 1. The third-order valence-corrected chi connectivity index (χ3v) is 4.87. The number of rotatable bonds is 4. The fourth-order valence-corrected chi connectivity index (χ4v) is 3.21. The van der Waals surface area contributed by atoms with Crippen LogP contribution in [0.3, 0.4) is 0 Å². The Kier molecular flexibility index (Phi) is 4.35. The van der Waals surface area contributed by atoms with Crippen LogP contribution in [0.5, 0.6) is 0 Å². The van der Waals surface area contributed by atoms with Gasteiger partial charge >= 0.3 is 12.0 Å². The first-order valence-corrected chi connectivity index (χ1v) is 8.39. The number of aryl methyl sites for hydroxylation is 1. The van der Waals surface area contributed by atoms with Crippen LogP contribution in [0.15, 0.2) is 30.3 Å². The van der Waals surface area contributed by atoms with Crippen LogP contribution >= 0.6 is 0 Å². The Labute approximate surface area is 152 Å². The van der Waals surface area contributed by atoms with Crippen molar-refractivity contribution in [3.8, 4) is 0 Å². The minimum atomic E-state index is -0.685. The van der Waals surface area contributed by atoms with E-state index in [1.54, 1.807) is 17.8 Å². The van der Waals surface area contributed by atoms with E-state index in [4.69, 9.17) is 0 Å². The molecule has 26 heavy (non-hydrogen) atoms. The number of carbonyl (C=O) groups is 2. The van der Waals surface area contributed by atoms with Gasteiger partial charge in [0.2, 0.25) is 11.9 Å². The van der Waals surface area contributed by atoms with Crippen molar-refractivity contribution in [1.82, 2.24) is 19.6 Å². The predicted octanol–water partition coefficient (Wildman–Crippen LogP) is 1.07. The van der Waals surface area contributed by atoms with Crippen LogP contribution in [0.25, 0.3) is 0 Å². The topological polar surface area (TPSA) is 73.8 Å². The lowest BCUT2D eigenvalue weighted by atomic mass is 10.1. The van der Waals surface area contributed by atoms with Gasteiger partial charge in [-0.2, -0.15) is 0 Å². The van der Waals surface area contributed by atoms with E-state index in [1.165, 1.54) is 15.9 Å². The number of imide groups is 1. The molecule has 1 unspecified atom stereocenters. The minimum absolute atomic E-state index is 0.155. The van der Waals surface area contributed by atoms with Crippen LogP contribution in [-0.2, 0) is 4.79 Å². The Morgan fingerprint density at radius 3 is 2.42 bits per heavy atom. The van der Waals surface area contributed by atoms with E-state index in [1.807, 2.05) is 25.3 Å². The molecule has 1 fully saturated rings. The molecule has 0 radical (unpaired) electrons. The van der Waals surface area contributed by atoms with Gasteiger partial charge in [-0.15, -0.1) is 16.4 Å². The standard InChI is InChI=1S/C18H23N6O2/c1-7-9-22-14-15(21(6)18(26)23(10-8-2)16(14)25)19-17(22)24-13(5)11(3)12(4)20-24/h7-8,14H,1-2,9-10H2,3-6H3/q+1. The Hall–Kier alpha value is -3.03. The Morgan fingerprint density at radius 1 is 1.19 bits per heavy atom. The number of aliphatic imine (C=N–C) groups is 1. The number of nitrogens with zero attached hydrogens (tertiary/aromatic N) is 6. The van der Waals surface area contributed by atoms with Gasteiger partial charge in [-0.05, 0) is 20.8 Å². The minimum Gasteiger partial charge on any atom is -0.270 e. The lowest BCUT2D eigenvalue weighted by Gasteiger charge is -2.33. The second-order valence-electron chi connectivity index (χ2n) is 6.40. The zero-order chi connectivity index (χ0) is 19.2. The summed E-state index contributed by atoms with van der Waals surface area (Å²) in [6.07, 6.45) is 3.24. The van der Waals surface area contributed by atoms with Crippen molar-refractivity contribution in [3.05, 3.63) is 42.3 Å². The van der Waals surface area contributed by atoms with Gasteiger partial charge in [-0.1, -0.05) is 23.7 Å². The second-order valence-corrected chi connectivity index (χ2v) is 6.40. The van der Waals surface area contributed by atoms with Crippen LogP contribution in [0, 0.1) is 20.8 Å². The predicted molar refractivity (Wildman–Crippen MR) is 98.5 cm³/mol. The van der Waals surface area contributed by atoms with E-state index < -0.39 is 12.1 Å². The van der Waals surface area contributed by atoms with Crippen molar-refractivity contribution < 1.29 is 14.2 Å². The van der Waals surface area contributed by atoms with Crippen molar-refractivity contribution >= 4 is 23.7 Å². The van der Waals surface area contributed by atoms with Crippen molar-refractivity contribution in [2.45, 2.75) is 26.8 Å². The molecule has 1 atom stereocenters. The van der Waals surface area contributed by atoms with Crippen LogP contribution < -0.4 is 0 Å². The molecule has 0 aromatic carbocycles. The van der Waals surface area contributed by atoms with Gasteiger partial charge in [0.1, 0.15) is 5.69 Å². The smallest absolute Gasteiger partial charge is 0.270 e. The number of carbonyl (C=O) groups excluding carboxylic acids is 2. The fourth-order valence-electron chi connectivity index (χ4n) is 3.21. The largest absolute Gasteiger partial charge is 0.421 e. The zero-order valence-corrected chi connectivity index (χ0v) is 15.6. The number of likely N-dealkylation sites (N-methyl/N-ethyl adjacent to an activating group) is 1. The molecule has 0 saturated carbocycles. The van der Waals surface area contributed by atoms with Crippen LogP contribution in [0.1, 0.15) is 17.0 Å². The summed E-state index contributed by atoms with van der Waals surface area (Å²) in [4.78, 5) is 32.7. The van der Waals surface area contributed by atoms with E-state index in [0.717, 1.165) is 17.0 Å². The summed E-state index contributed by atoms with van der Waals surface area (Å²) in [5, 5.41) is 4.56. The highest BCUT2D eigenvalue weighted by molar-refractivity contribution is 6.23. The van der Waals surface area contributed by atoms with E-state index in [9.17, 15) is 9.59 Å². The van der Waals surface area contributed by atoms with E-state index >= 15 is 0 Å². The first-order valence-electron chi connectivity index (χ1n) is 8.39. The molecule has 0 aliphatic carbocycles. The average molecular weight is 355 g/mol. The number of amides is 3. The lowest BCUT2D eigenvalue weighted by Crippen LogP contribution is -2.62. The summed E-state index contributed by atoms with van der Waals surface area (Å²) < 4.78 is 3.55. The summed E-state index contributed by atoms with van der Waals surface area (Å²) in [5.74, 6) is 0.608. The molecule has 0 bridgehead atoms. The number of hydrogen-bond donors (Lipinski definition) is 0. The van der Waals surface area contributed by atoms with Crippen molar-refractivity contribution in [3.63, 3.8) is 0 Å². The summed E-state index contributed by atoms with van der Waals surface area (Å²) in [5.41, 5.74) is 2.90. The number of aromatic nitrogens is 2. The van der Waals surface area contributed by atoms with Crippen LogP contribution in [0.4, 0.5) is 4.79 Å². The molecule has 0 spiro atoms. The van der Waals surface area contributed by atoms with Gasteiger partial charge in [0.15, 0.2) is 0 Å². The molecular formula is C18H23N6O2+. The molecule has 1 aromatic rings. The Morgan fingerprint density at radius 2 is 1.88 bits per heavy atom. The Bertz CT molecular complexity index is 892. The molecule has 3 amide bonds. The van der Waals surface area contributed by atoms with Gasteiger partial charge in [0.25, 0.3) is 5.91 Å². The molecule has 1 saturated heterocycles. The molecule has 8 nitrogen and oxygen atoms in total. The maximum absolute atomic E-state index is 13.0. The highest BCUT2D eigenvalue weighted by Crippen LogP contribution is 2.22. The highest BCUT2D eigenvalue weighted by atomic mass is 16.2. The summed E-state index contributed by atoms with van der Waals surface area (Å²) in [6, 6.07) is -1.09. The highest BCUT2D eigenvalue weighted by Gasteiger charge is 2.52. The fraction of sp³-hybridized carbons (Fsp3) is 0.389. The number of amidine groups is 1. The maximum atomic E-state index is 13.0. The molecule has 3 heterocycles. The van der Waals surface area contributed by atoms with Gasteiger partial charge in [0, 0.05) is 19.2 Å². The first-order chi connectivity index (χ1) is 12.3.